The quantitative estimate of drug-likeness (QED) is 0.872. The minimum atomic E-state index is 0.489. The van der Waals surface area contributed by atoms with Crippen LogP contribution in [-0.4, -0.2) is 48.1 Å². The molecule has 0 N–H and O–H groups in total. The maximum absolute atomic E-state index is 9.21. The van der Waals surface area contributed by atoms with Crippen LogP contribution in [0.1, 0.15) is 18.4 Å². The molecule has 0 aliphatic carbocycles. The van der Waals surface area contributed by atoms with E-state index in [1.165, 1.54) is 0 Å². The van der Waals surface area contributed by atoms with Gasteiger partial charge in [-0.15, -0.1) is 0 Å². The summed E-state index contributed by atoms with van der Waals surface area (Å²) in [5.74, 6) is 0.748. The van der Waals surface area contributed by atoms with Crippen LogP contribution < -0.4 is 4.90 Å². The minimum Gasteiger partial charge on any atom is -0.341 e. The molecule has 5 nitrogen and oxygen atoms in total. The fraction of sp³-hybridized carbons (Fsp3) is 0.389. The summed E-state index contributed by atoms with van der Waals surface area (Å²) in [6, 6.07) is 10.2. The number of likely N-dealkylation sites (tertiary alicyclic amines) is 1. The van der Waals surface area contributed by atoms with E-state index in [1.807, 2.05) is 36.7 Å². The lowest BCUT2D eigenvalue weighted by molar-refractivity contribution is 0.252. The van der Waals surface area contributed by atoms with E-state index in [0.29, 0.717) is 11.6 Å². The lowest BCUT2D eigenvalue weighted by Crippen LogP contribution is -2.42. The molecule has 3 rings (SSSR count). The molecule has 0 bridgehead atoms. The van der Waals surface area contributed by atoms with Crippen LogP contribution in [0.2, 0.25) is 0 Å². The van der Waals surface area contributed by atoms with Crippen LogP contribution in [0.5, 0.6) is 0 Å². The smallest absolute Gasteiger partial charge is 0.225 e. The third kappa shape index (κ3) is 3.33. The summed E-state index contributed by atoms with van der Waals surface area (Å²) >= 11 is 0. The summed E-state index contributed by atoms with van der Waals surface area (Å²) < 4.78 is 0. The van der Waals surface area contributed by atoms with Crippen molar-refractivity contribution >= 4 is 5.95 Å². The predicted octanol–water partition coefficient (Wildman–Crippen LogP) is 2.55. The Balaban J connectivity index is 1.78. The molecule has 0 unspecified atom stereocenters. The third-order valence-corrected chi connectivity index (χ3v) is 4.55. The van der Waals surface area contributed by atoms with Crippen LogP contribution in [0.15, 0.2) is 36.7 Å². The number of hydrogen-bond acceptors (Lipinski definition) is 5. The number of hydrogen-bond donors (Lipinski definition) is 0. The fourth-order valence-electron chi connectivity index (χ4n) is 3.02. The highest BCUT2D eigenvalue weighted by Gasteiger charge is 2.22. The second-order valence-corrected chi connectivity index (χ2v) is 6.07. The number of benzene rings is 1. The highest BCUT2D eigenvalue weighted by Crippen LogP contribution is 2.24. The normalized spacial score (nSPS) is 16.0. The lowest BCUT2D eigenvalue weighted by Gasteiger charge is -2.35. The van der Waals surface area contributed by atoms with E-state index in [-0.39, 0.29) is 0 Å². The second kappa shape index (κ2) is 6.76. The standard InChI is InChI=1S/C18H21N5/c1-22-9-7-16(8-10-22)23(2)18-20-12-15(13-21-18)17-6-4-3-5-14(17)11-19/h3-6,12-13,16H,7-10H2,1-2H3. The number of nitrogens with zero attached hydrogens (tertiary/aromatic N) is 5. The molecular formula is C18H21N5. The molecule has 0 amide bonds. The molecular weight excluding hydrogens is 286 g/mol. The Morgan fingerprint density at radius 3 is 2.48 bits per heavy atom. The Hall–Kier alpha value is -2.45. The summed E-state index contributed by atoms with van der Waals surface area (Å²) in [6.45, 7) is 2.23. The second-order valence-electron chi connectivity index (χ2n) is 6.07. The molecule has 0 atom stereocenters. The molecule has 0 saturated carbocycles. The van der Waals surface area contributed by atoms with Gasteiger partial charge in [-0.2, -0.15) is 5.26 Å². The van der Waals surface area contributed by atoms with Gasteiger partial charge in [-0.25, -0.2) is 9.97 Å². The predicted molar refractivity (Wildman–Crippen MR) is 91.1 cm³/mol. The Morgan fingerprint density at radius 2 is 1.83 bits per heavy atom. The van der Waals surface area contributed by atoms with Crippen LogP contribution in [-0.2, 0) is 0 Å². The first-order chi connectivity index (χ1) is 11.2. The summed E-state index contributed by atoms with van der Waals surface area (Å²) in [4.78, 5) is 13.6. The van der Waals surface area contributed by atoms with E-state index in [0.717, 1.165) is 43.0 Å². The van der Waals surface area contributed by atoms with Gasteiger partial charge >= 0.3 is 0 Å². The highest BCUT2D eigenvalue weighted by atomic mass is 15.3. The Kier molecular flexibility index (Phi) is 4.54. The van der Waals surface area contributed by atoms with Crippen molar-refractivity contribution in [2.24, 2.45) is 0 Å². The number of anilines is 1. The van der Waals surface area contributed by atoms with Crippen molar-refractivity contribution in [3.63, 3.8) is 0 Å². The molecule has 1 aromatic heterocycles. The van der Waals surface area contributed by atoms with Gasteiger partial charge in [-0.05, 0) is 39.0 Å². The van der Waals surface area contributed by atoms with Crippen LogP contribution in [0.25, 0.3) is 11.1 Å². The van der Waals surface area contributed by atoms with E-state index in [1.54, 1.807) is 0 Å². The van der Waals surface area contributed by atoms with Crippen molar-refractivity contribution in [2.75, 3.05) is 32.1 Å². The maximum atomic E-state index is 9.21. The first-order valence-electron chi connectivity index (χ1n) is 7.92. The van der Waals surface area contributed by atoms with Gasteiger partial charge in [0.05, 0.1) is 11.6 Å². The number of rotatable bonds is 3. The largest absolute Gasteiger partial charge is 0.341 e. The zero-order chi connectivity index (χ0) is 16.2. The van der Waals surface area contributed by atoms with Crippen LogP contribution in [0.3, 0.4) is 0 Å². The van der Waals surface area contributed by atoms with Gasteiger partial charge in [0.1, 0.15) is 0 Å². The molecule has 23 heavy (non-hydrogen) atoms. The van der Waals surface area contributed by atoms with Crippen molar-refractivity contribution in [1.29, 1.82) is 5.26 Å². The van der Waals surface area contributed by atoms with E-state index >= 15 is 0 Å². The molecule has 2 aromatic rings. The lowest BCUT2D eigenvalue weighted by atomic mass is 10.0. The zero-order valence-corrected chi connectivity index (χ0v) is 13.6. The van der Waals surface area contributed by atoms with Crippen molar-refractivity contribution in [1.82, 2.24) is 14.9 Å². The molecule has 2 heterocycles. The van der Waals surface area contributed by atoms with Crippen LogP contribution in [0, 0.1) is 11.3 Å². The molecule has 5 heteroatoms. The van der Waals surface area contributed by atoms with Gasteiger partial charge in [0.2, 0.25) is 5.95 Å². The summed E-state index contributed by atoms with van der Waals surface area (Å²) in [7, 11) is 4.22. The average molecular weight is 307 g/mol. The van der Waals surface area contributed by atoms with Gasteiger partial charge in [0.25, 0.3) is 0 Å². The Bertz CT molecular complexity index is 696. The van der Waals surface area contributed by atoms with E-state index in [4.69, 9.17) is 0 Å². The van der Waals surface area contributed by atoms with Gasteiger partial charge in [0.15, 0.2) is 0 Å². The Labute approximate surface area is 137 Å². The molecule has 0 spiro atoms. The molecule has 118 valence electrons. The van der Waals surface area contributed by atoms with Gasteiger partial charge in [-0.1, -0.05) is 18.2 Å². The number of piperidine rings is 1. The van der Waals surface area contributed by atoms with Crippen molar-refractivity contribution in [2.45, 2.75) is 18.9 Å². The first-order valence-corrected chi connectivity index (χ1v) is 7.92. The van der Waals surface area contributed by atoms with Gasteiger partial charge < -0.3 is 9.80 Å². The molecule has 1 aliphatic heterocycles. The van der Waals surface area contributed by atoms with E-state index in [2.05, 4.69) is 39.9 Å². The highest BCUT2D eigenvalue weighted by molar-refractivity contribution is 5.69. The van der Waals surface area contributed by atoms with Gasteiger partial charge in [-0.3, -0.25) is 0 Å². The SMILES string of the molecule is CN1CCC(N(C)c2ncc(-c3ccccc3C#N)cn2)CC1. The molecule has 1 fully saturated rings. The van der Waals surface area contributed by atoms with Gasteiger partial charge in [0, 0.05) is 36.6 Å². The third-order valence-electron chi connectivity index (χ3n) is 4.55. The summed E-state index contributed by atoms with van der Waals surface area (Å²) in [5, 5.41) is 9.21. The maximum Gasteiger partial charge on any atom is 0.225 e. The summed E-state index contributed by atoms with van der Waals surface area (Å²) in [5.41, 5.74) is 2.40. The molecule has 1 aliphatic rings. The van der Waals surface area contributed by atoms with Crippen LogP contribution >= 0.6 is 0 Å². The van der Waals surface area contributed by atoms with Crippen LogP contribution in [0.4, 0.5) is 5.95 Å². The van der Waals surface area contributed by atoms with E-state index < -0.39 is 0 Å². The minimum absolute atomic E-state index is 0.489. The summed E-state index contributed by atoms with van der Waals surface area (Å²) in [6.07, 6.45) is 5.89. The fourth-order valence-corrected chi connectivity index (χ4v) is 3.02. The molecule has 0 radical (unpaired) electrons. The molecule has 1 aromatic carbocycles. The first kappa shape index (κ1) is 15.4. The van der Waals surface area contributed by atoms with Crippen molar-refractivity contribution in [3.8, 4) is 17.2 Å². The average Bonchev–Trinajstić information content (AvgIpc) is 2.62. The monoisotopic (exact) mass is 307 g/mol. The van der Waals surface area contributed by atoms with Crippen molar-refractivity contribution in [3.05, 3.63) is 42.2 Å². The Morgan fingerprint density at radius 1 is 1.17 bits per heavy atom. The van der Waals surface area contributed by atoms with Crippen molar-refractivity contribution < 1.29 is 0 Å². The molecule has 1 saturated heterocycles. The number of nitriles is 1. The topological polar surface area (TPSA) is 56.0 Å². The zero-order valence-electron chi connectivity index (χ0n) is 13.6. The number of aromatic nitrogens is 2. The van der Waals surface area contributed by atoms with E-state index in [9.17, 15) is 5.26 Å².